The van der Waals surface area contributed by atoms with Crippen LogP contribution >= 0.6 is 11.3 Å². The summed E-state index contributed by atoms with van der Waals surface area (Å²) in [5, 5.41) is 0. The second-order valence-electron chi connectivity index (χ2n) is 4.70. The highest BCUT2D eigenvalue weighted by atomic mass is 32.1. The van der Waals surface area contributed by atoms with Gasteiger partial charge in [-0.3, -0.25) is 4.79 Å². The molecule has 0 amide bonds. The van der Waals surface area contributed by atoms with Crippen molar-refractivity contribution in [3.8, 4) is 0 Å². The fourth-order valence-corrected chi connectivity index (χ4v) is 3.03. The number of aryl methyl sites for hydroxylation is 1. The van der Waals surface area contributed by atoms with Crippen molar-refractivity contribution in [2.24, 2.45) is 4.99 Å². The first-order valence-electron chi connectivity index (χ1n) is 6.46. The molecule has 2 rings (SSSR count). The van der Waals surface area contributed by atoms with Crippen molar-refractivity contribution in [1.82, 2.24) is 4.57 Å². The molecule has 3 nitrogen and oxygen atoms in total. The maximum atomic E-state index is 11.7. The van der Waals surface area contributed by atoms with Crippen LogP contribution in [0.4, 0.5) is 5.69 Å². The molecule has 0 aliphatic rings. The maximum Gasteiger partial charge on any atom is 0.191 e. The number of rotatable bonds is 4. The molecule has 0 saturated carbocycles. The van der Waals surface area contributed by atoms with Crippen molar-refractivity contribution in [2.45, 2.75) is 27.3 Å². The average molecular weight is 286 g/mol. The summed E-state index contributed by atoms with van der Waals surface area (Å²) in [7, 11) is 0. The van der Waals surface area contributed by atoms with Gasteiger partial charge in [-0.05, 0) is 26.0 Å². The zero-order valence-electron chi connectivity index (χ0n) is 12.0. The number of Topliss-reactive ketones (excluding diaryl/α,β-unsaturated/α-hetero) is 1. The van der Waals surface area contributed by atoms with Gasteiger partial charge >= 0.3 is 0 Å². The Labute approximate surface area is 122 Å². The van der Waals surface area contributed by atoms with Crippen LogP contribution < -0.4 is 4.80 Å². The SMILES string of the molecule is C=CCn1c(C)c(C(C)=O)sc1=Nc1ccc(C)cc1. The van der Waals surface area contributed by atoms with Gasteiger partial charge in [0.15, 0.2) is 10.6 Å². The van der Waals surface area contributed by atoms with E-state index in [2.05, 4.69) is 11.6 Å². The molecule has 0 aliphatic heterocycles. The number of carbonyl (C=O) groups is 1. The topological polar surface area (TPSA) is 34.4 Å². The van der Waals surface area contributed by atoms with E-state index in [4.69, 9.17) is 0 Å². The Hall–Kier alpha value is -1.94. The molecule has 0 bridgehead atoms. The summed E-state index contributed by atoms with van der Waals surface area (Å²) in [4.78, 5) is 17.9. The number of hydrogen-bond acceptors (Lipinski definition) is 3. The van der Waals surface area contributed by atoms with Crippen LogP contribution in [0.3, 0.4) is 0 Å². The van der Waals surface area contributed by atoms with E-state index in [9.17, 15) is 4.79 Å². The zero-order valence-corrected chi connectivity index (χ0v) is 12.8. The standard InChI is InChI=1S/C16H18N2OS/c1-5-10-18-12(3)15(13(4)19)20-16(18)17-14-8-6-11(2)7-9-14/h5-9H,1,10H2,2-4H3. The first kappa shape index (κ1) is 14.5. The van der Waals surface area contributed by atoms with E-state index < -0.39 is 0 Å². The molecular formula is C16H18N2OS. The Morgan fingerprint density at radius 3 is 2.55 bits per heavy atom. The van der Waals surface area contributed by atoms with Crippen molar-refractivity contribution in [1.29, 1.82) is 0 Å². The lowest BCUT2D eigenvalue weighted by molar-refractivity contribution is 0.102. The highest BCUT2D eigenvalue weighted by molar-refractivity contribution is 7.11. The fraction of sp³-hybridized carbons (Fsp3) is 0.250. The van der Waals surface area contributed by atoms with Crippen LogP contribution in [0.2, 0.25) is 0 Å². The molecule has 20 heavy (non-hydrogen) atoms. The first-order chi connectivity index (χ1) is 9.52. The Balaban J connectivity index is 2.60. The van der Waals surface area contributed by atoms with Gasteiger partial charge in [0.2, 0.25) is 0 Å². The van der Waals surface area contributed by atoms with Crippen molar-refractivity contribution < 1.29 is 4.79 Å². The number of nitrogens with zero attached hydrogens (tertiary/aromatic N) is 2. The van der Waals surface area contributed by atoms with Crippen LogP contribution in [0.15, 0.2) is 41.9 Å². The predicted molar refractivity (Wildman–Crippen MR) is 83.6 cm³/mol. The molecule has 0 fully saturated rings. The minimum atomic E-state index is 0.0793. The lowest BCUT2D eigenvalue weighted by Gasteiger charge is -2.02. The highest BCUT2D eigenvalue weighted by Gasteiger charge is 2.12. The lowest BCUT2D eigenvalue weighted by Crippen LogP contribution is -2.15. The number of carbonyl (C=O) groups excluding carboxylic acids is 1. The summed E-state index contributed by atoms with van der Waals surface area (Å²) in [6, 6.07) is 8.03. The van der Waals surface area contributed by atoms with Gasteiger partial charge in [-0.2, -0.15) is 0 Å². The van der Waals surface area contributed by atoms with Crippen LogP contribution in [0.25, 0.3) is 0 Å². The summed E-state index contributed by atoms with van der Waals surface area (Å²) < 4.78 is 2.02. The number of thiazole rings is 1. The summed E-state index contributed by atoms with van der Waals surface area (Å²) in [6.45, 7) is 10.0. The lowest BCUT2D eigenvalue weighted by atomic mass is 10.2. The molecule has 0 atom stereocenters. The van der Waals surface area contributed by atoms with Crippen LogP contribution in [-0.2, 0) is 6.54 Å². The molecule has 104 valence electrons. The van der Waals surface area contributed by atoms with E-state index >= 15 is 0 Å². The van der Waals surface area contributed by atoms with E-state index in [0.29, 0.717) is 6.54 Å². The minimum absolute atomic E-state index is 0.0793. The van der Waals surface area contributed by atoms with E-state index in [1.165, 1.54) is 16.9 Å². The van der Waals surface area contributed by atoms with Gasteiger partial charge in [-0.25, -0.2) is 4.99 Å². The van der Waals surface area contributed by atoms with Crippen molar-refractivity contribution >= 4 is 22.8 Å². The maximum absolute atomic E-state index is 11.7. The van der Waals surface area contributed by atoms with Crippen molar-refractivity contribution in [3.63, 3.8) is 0 Å². The summed E-state index contributed by atoms with van der Waals surface area (Å²) in [5.74, 6) is 0.0793. The molecule has 0 radical (unpaired) electrons. The molecule has 1 aromatic carbocycles. The smallest absolute Gasteiger partial charge is 0.191 e. The first-order valence-corrected chi connectivity index (χ1v) is 7.28. The molecule has 0 spiro atoms. The molecule has 2 aromatic rings. The Morgan fingerprint density at radius 2 is 2.00 bits per heavy atom. The number of hydrogen-bond donors (Lipinski definition) is 0. The minimum Gasteiger partial charge on any atom is -0.317 e. The number of benzene rings is 1. The normalized spacial score (nSPS) is 11.7. The third kappa shape index (κ3) is 2.96. The molecule has 0 aliphatic carbocycles. The summed E-state index contributed by atoms with van der Waals surface area (Å²) in [6.07, 6.45) is 1.82. The second kappa shape index (κ2) is 6.01. The predicted octanol–water partition coefficient (Wildman–Crippen LogP) is 3.79. The Kier molecular flexibility index (Phi) is 4.35. The van der Waals surface area contributed by atoms with Crippen molar-refractivity contribution in [3.05, 3.63) is 57.9 Å². The molecule has 0 saturated heterocycles. The summed E-state index contributed by atoms with van der Waals surface area (Å²) in [5.41, 5.74) is 3.05. The zero-order chi connectivity index (χ0) is 14.7. The monoisotopic (exact) mass is 286 g/mol. The largest absolute Gasteiger partial charge is 0.317 e. The Bertz CT molecular complexity index is 705. The molecule has 0 unspecified atom stereocenters. The van der Waals surface area contributed by atoms with Gasteiger partial charge in [0.1, 0.15) is 0 Å². The number of ketones is 1. The van der Waals surface area contributed by atoms with Gasteiger partial charge in [-0.1, -0.05) is 35.1 Å². The van der Waals surface area contributed by atoms with E-state index in [0.717, 1.165) is 21.1 Å². The quantitative estimate of drug-likeness (QED) is 0.622. The average Bonchev–Trinajstić information content (AvgIpc) is 2.71. The molecule has 1 aromatic heterocycles. The van der Waals surface area contributed by atoms with Gasteiger partial charge in [-0.15, -0.1) is 6.58 Å². The van der Waals surface area contributed by atoms with Gasteiger partial charge < -0.3 is 4.57 Å². The van der Waals surface area contributed by atoms with Gasteiger partial charge in [0.25, 0.3) is 0 Å². The molecular weight excluding hydrogens is 268 g/mol. The Morgan fingerprint density at radius 1 is 1.35 bits per heavy atom. The fourth-order valence-electron chi connectivity index (χ4n) is 1.97. The summed E-state index contributed by atoms with van der Waals surface area (Å²) >= 11 is 1.43. The van der Waals surface area contributed by atoms with Crippen LogP contribution in [0, 0.1) is 13.8 Å². The second-order valence-corrected chi connectivity index (χ2v) is 5.68. The van der Waals surface area contributed by atoms with Crippen LogP contribution in [0.1, 0.15) is 27.9 Å². The molecule has 1 heterocycles. The molecule has 0 N–H and O–H groups in total. The van der Waals surface area contributed by atoms with Crippen molar-refractivity contribution in [2.75, 3.05) is 0 Å². The molecule has 4 heteroatoms. The van der Waals surface area contributed by atoms with Gasteiger partial charge in [0, 0.05) is 19.2 Å². The third-order valence-electron chi connectivity index (χ3n) is 3.05. The van der Waals surface area contributed by atoms with Crippen LogP contribution in [0.5, 0.6) is 0 Å². The van der Waals surface area contributed by atoms with E-state index in [-0.39, 0.29) is 5.78 Å². The number of aromatic nitrogens is 1. The number of allylic oxidation sites excluding steroid dienone is 1. The third-order valence-corrected chi connectivity index (χ3v) is 4.33. The highest BCUT2D eigenvalue weighted by Crippen LogP contribution is 2.16. The van der Waals surface area contributed by atoms with E-state index in [1.807, 2.05) is 48.8 Å². The van der Waals surface area contributed by atoms with Gasteiger partial charge in [0.05, 0.1) is 10.6 Å². The van der Waals surface area contributed by atoms with Crippen LogP contribution in [-0.4, -0.2) is 10.4 Å². The van der Waals surface area contributed by atoms with E-state index in [1.54, 1.807) is 6.92 Å².